The SMILES string of the molecule is COc1ccc(S(=O)(=O)c2c(C)cc(C)n(CC(=O)Nc3ccc(F)cc3)c2=O)cc1. The topological polar surface area (TPSA) is 94.5 Å². The highest BCUT2D eigenvalue weighted by molar-refractivity contribution is 7.91. The first kappa shape index (κ1) is 22.2. The zero-order valence-corrected chi connectivity index (χ0v) is 18.0. The number of aryl methyl sites for hydroxylation is 2. The van der Waals surface area contributed by atoms with Crippen LogP contribution in [0.3, 0.4) is 0 Å². The number of carbonyl (C=O) groups is 1. The fourth-order valence-electron chi connectivity index (χ4n) is 3.18. The van der Waals surface area contributed by atoms with Crippen LogP contribution in [-0.4, -0.2) is 26.0 Å². The quantitative estimate of drug-likeness (QED) is 0.631. The maximum Gasteiger partial charge on any atom is 0.270 e. The number of nitrogens with zero attached hydrogens (tertiary/aromatic N) is 1. The van der Waals surface area contributed by atoms with Gasteiger partial charge in [0.1, 0.15) is 23.0 Å². The number of aromatic nitrogens is 1. The van der Waals surface area contributed by atoms with Crippen LogP contribution in [-0.2, 0) is 21.2 Å². The van der Waals surface area contributed by atoms with Crippen LogP contribution in [0.5, 0.6) is 5.75 Å². The molecule has 1 heterocycles. The smallest absolute Gasteiger partial charge is 0.270 e. The average molecular weight is 444 g/mol. The number of amides is 1. The second kappa shape index (κ2) is 8.73. The molecule has 0 saturated carbocycles. The number of hydrogen-bond acceptors (Lipinski definition) is 5. The second-order valence-corrected chi connectivity index (χ2v) is 8.81. The lowest BCUT2D eigenvalue weighted by molar-refractivity contribution is -0.116. The predicted octanol–water partition coefficient (Wildman–Crippen LogP) is 3.08. The lowest BCUT2D eigenvalue weighted by Crippen LogP contribution is -2.33. The number of halogens is 1. The Labute approximate surface area is 179 Å². The van der Waals surface area contributed by atoms with Crippen LogP contribution >= 0.6 is 0 Å². The van der Waals surface area contributed by atoms with E-state index in [4.69, 9.17) is 4.74 Å². The van der Waals surface area contributed by atoms with Gasteiger partial charge in [0.25, 0.3) is 5.56 Å². The van der Waals surface area contributed by atoms with Gasteiger partial charge in [0, 0.05) is 11.4 Å². The molecule has 0 aliphatic heterocycles. The third-order valence-electron chi connectivity index (χ3n) is 4.72. The first-order valence-corrected chi connectivity index (χ1v) is 10.8. The highest BCUT2D eigenvalue weighted by atomic mass is 32.2. The molecule has 0 aliphatic rings. The summed E-state index contributed by atoms with van der Waals surface area (Å²) < 4.78 is 45.5. The highest BCUT2D eigenvalue weighted by Crippen LogP contribution is 2.24. The molecule has 0 radical (unpaired) electrons. The van der Waals surface area contributed by atoms with Crippen LogP contribution in [0.1, 0.15) is 11.3 Å². The van der Waals surface area contributed by atoms with E-state index in [0.717, 1.165) is 4.57 Å². The van der Waals surface area contributed by atoms with Gasteiger partial charge in [0.2, 0.25) is 15.7 Å². The van der Waals surface area contributed by atoms with E-state index in [1.54, 1.807) is 13.0 Å². The van der Waals surface area contributed by atoms with Crippen molar-refractivity contribution in [3.05, 3.63) is 82.0 Å². The Morgan fingerprint density at radius 3 is 2.26 bits per heavy atom. The Morgan fingerprint density at radius 2 is 1.68 bits per heavy atom. The monoisotopic (exact) mass is 444 g/mol. The maximum absolute atomic E-state index is 13.2. The molecule has 0 spiro atoms. The van der Waals surface area contributed by atoms with E-state index in [-0.39, 0.29) is 10.5 Å². The summed E-state index contributed by atoms with van der Waals surface area (Å²) in [6.07, 6.45) is 0. The molecular weight excluding hydrogens is 423 g/mol. The summed E-state index contributed by atoms with van der Waals surface area (Å²) in [5.41, 5.74) is 0.289. The first-order chi connectivity index (χ1) is 14.6. The van der Waals surface area contributed by atoms with Crippen molar-refractivity contribution in [1.82, 2.24) is 4.57 Å². The van der Waals surface area contributed by atoms with Gasteiger partial charge in [-0.1, -0.05) is 0 Å². The number of hydrogen-bond donors (Lipinski definition) is 1. The summed E-state index contributed by atoms with van der Waals surface area (Å²) in [6.45, 7) is 2.75. The molecule has 31 heavy (non-hydrogen) atoms. The number of benzene rings is 2. The van der Waals surface area contributed by atoms with Crippen LogP contribution in [0, 0.1) is 19.7 Å². The summed E-state index contributed by atoms with van der Waals surface area (Å²) in [6, 6.07) is 12.4. The van der Waals surface area contributed by atoms with E-state index in [1.165, 1.54) is 62.6 Å². The minimum Gasteiger partial charge on any atom is -0.497 e. The Morgan fingerprint density at radius 1 is 1.06 bits per heavy atom. The summed E-state index contributed by atoms with van der Waals surface area (Å²) in [5.74, 6) is -0.514. The third-order valence-corrected chi connectivity index (χ3v) is 6.64. The zero-order valence-electron chi connectivity index (χ0n) is 17.2. The predicted molar refractivity (Wildman–Crippen MR) is 114 cm³/mol. The second-order valence-electron chi connectivity index (χ2n) is 6.92. The Bertz CT molecular complexity index is 1280. The van der Waals surface area contributed by atoms with Crippen LogP contribution < -0.4 is 15.6 Å². The molecule has 7 nitrogen and oxygen atoms in total. The molecule has 1 amide bonds. The molecule has 0 fully saturated rings. The van der Waals surface area contributed by atoms with Crippen LogP contribution in [0.15, 0.2) is 69.2 Å². The molecule has 3 rings (SSSR count). The Hall–Kier alpha value is -3.46. The van der Waals surface area contributed by atoms with Crippen LogP contribution in [0.2, 0.25) is 0 Å². The van der Waals surface area contributed by atoms with Gasteiger partial charge in [-0.3, -0.25) is 9.59 Å². The number of methoxy groups -OCH3 is 1. The standard InChI is InChI=1S/C22H21FN2O5S/c1-14-12-15(2)25(13-20(26)24-17-6-4-16(23)5-7-17)22(27)21(14)31(28,29)19-10-8-18(30-3)9-11-19/h4-12H,13H2,1-3H3,(H,24,26). The van der Waals surface area contributed by atoms with Crippen molar-refractivity contribution in [3.8, 4) is 5.75 Å². The molecule has 3 aromatic rings. The van der Waals surface area contributed by atoms with E-state index in [2.05, 4.69) is 5.32 Å². The van der Waals surface area contributed by atoms with Crippen molar-refractivity contribution in [3.63, 3.8) is 0 Å². The van der Waals surface area contributed by atoms with Gasteiger partial charge < -0.3 is 14.6 Å². The largest absolute Gasteiger partial charge is 0.497 e. The summed E-state index contributed by atoms with van der Waals surface area (Å²) in [5, 5.41) is 2.56. The lowest BCUT2D eigenvalue weighted by atomic mass is 10.2. The van der Waals surface area contributed by atoms with Gasteiger partial charge in [0.15, 0.2) is 0 Å². The van der Waals surface area contributed by atoms with E-state index in [9.17, 15) is 22.4 Å². The normalized spacial score (nSPS) is 11.2. The molecule has 0 atom stereocenters. The molecule has 2 aromatic carbocycles. The van der Waals surface area contributed by atoms with Gasteiger partial charge in [-0.25, -0.2) is 12.8 Å². The zero-order chi connectivity index (χ0) is 22.8. The van der Waals surface area contributed by atoms with E-state index in [1.807, 2.05) is 0 Å². The van der Waals surface area contributed by atoms with Crippen LogP contribution in [0.25, 0.3) is 0 Å². The fraction of sp³-hybridized carbons (Fsp3) is 0.182. The minimum absolute atomic E-state index is 0.0559. The van der Waals surface area contributed by atoms with Gasteiger partial charge in [-0.05, 0) is 74.0 Å². The van der Waals surface area contributed by atoms with Gasteiger partial charge in [-0.15, -0.1) is 0 Å². The van der Waals surface area contributed by atoms with E-state index >= 15 is 0 Å². The van der Waals surface area contributed by atoms with Crippen LogP contribution in [0.4, 0.5) is 10.1 Å². The highest BCUT2D eigenvalue weighted by Gasteiger charge is 2.26. The average Bonchev–Trinajstić information content (AvgIpc) is 2.72. The van der Waals surface area contributed by atoms with Gasteiger partial charge >= 0.3 is 0 Å². The third kappa shape index (κ3) is 4.66. The Balaban J connectivity index is 1.98. The Kier molecular flexibility index (Phi) is 6.26. The molecule has 0 saturated heterocycles. The van der Waals surface area contributed by atoms with Crippen molar-refractivity contribution in [2.45, 2.75) is 30.2 Å². The molecule has 1 aromatic heterocycles. The molecule has 0 unspecified atom stereocenters. The summed E-state index contributed by atoms with van der Waals surface area (Å²) >= 11 is 0. The van der Waals surface area contributed by atoms with Gasteiger partial charge in [-0.2, -0.15) is 0 Å². The molecule has 162 valence electrons. The molecule has 0 aliphatic carbocycles. The fourth-order valence-corrected chi connectivity index (χ4v) is 4.73. The number of anilines is 1. The van der Waals surface area contributed by atoms with Crippen molar-refractivity contribution < 1.29 is 22.3 Å². The number of pyridine rings is 1. The minimum atomic E-state index is -4.13. The molecular formula is C22H21FN2O5S. The number of nitrogens with one attached hydrogen (secondary N) is 1. The maximum atomic E-state index is 13.2. The van der Waals surface area contributed by atoms with Crippen molar-refractivity contribution in [2.75, 3.05) is 12.4 Å². The van der Waals surface area contributed by atoms with E-state index < -0.39 is 38.6 Å². The molecule has 0 bridgehead atoms. The molecule has 9 heteroatoms. The number of carbonyl (C=O) groups excluding carboxylic acids is 1. The van der Waals surface area contributed by atoms with Gasteiger partial charge in [0.05, 0.1) is 12.0 Å². The first-order valence-electron chi connectivity index (χ1n) is 9.29. The van der Waals surface area contributed by atoms with E-state index in [0.29, 0.717) is 17.1 Å². The number of ether oxygens (including phenoxy) is 1. The van der Waals surface area contributed by atoms with Crippen molar-refractivity contribution in [2.24, 2.45) is 0 Å². The lowest BCUT2D eigenvalue weighted by Gasteiger charge is -2.15. The number of rotatable bonds is 6. The number of sulfone groups is 1. The summed E-state index contributed by atoms with van der Waals surface area (Å²) in [7, 11) is -2.66. The van der Waals surface area contributed by atoms with Crippen molar-refractivity contribution in [1.29, 1.82) is 0 Å². The summed E-state index contributed by atoms with van der Waals surface area (Å²) in [4.78, 5) is 25.1. The van der Waals surface area contributed by atoms with Crippen molar-refractivity contribution >= 4 is 21.4 Å². The molecule has 1 N–H and O–H groups in total.